The van der Waals surface area contributed by atoms with Crippen LogP contribution >= 0.6 is 0 Å². The number of carboxylic acid groups (broad SMARTS) is 2. The van der Waals surface area contributed by atoms with Gasteiger partial charge in [-0.1, -0.05) is 112 Å². The number of aromatic hydroxyl groups is 4. The Hall–Kier alpha value is -5.34. The lowest BCUT2D eigenvalue weighted by Crippen LogP contribution is -2.66. The van der Waals surface area contributed by atoms with E-state index in [-0.39, 0.29) is 86.8 Å². The van der Waals surface area contributed by atoms with Crippen molar-refractivity contribution < 1.29 is 69.5 Å². The number of hydrogen-bond donors (Lipinski definition) is 8. The summed E-state index contributed by atoms with van der Waals surface area (Å²) in [4.78, 5) is 60.9. The second-order valence-corrected chi connectivity index (χ2v) is 36.1. The molecule has 0 bridgehead atoms. The van der Waals surface area contributed by atoms with Crippen molar-refractivity contribution in [3.63, 3.8) is 0 Å². The largest absolute Gasteiger partial charge is 0.504 e. The number of aliphatic hydroxyl groups is 2. The molecule has 8 saturated carbocycles. The van der Waals surface area contributed by atoms with Gasteiger partial charge in [-0.05, 0) is 254 Å². The number of phenols is 4. The van der Waals surface area contributed by atoms with E-state index < -0.39 is 103 Å². The molecule has 0 amide bonds. The molecule has 2 aromatic rings. The lowest BCUT2D eigenvalue weighted by Gasteiger charge is -2.71. The molecule has 0 radical (unpaired) electrons. The van der Waals surface area contributed by atoms with Crippen molar-refractivity contribution >= 4 is 30.0 Å². The first-order valence-electron chi connectivity index (χ1n) is 35.2. The van der Waals surface area contributed by atoms with Gasteiger partial charge >= 0.3 is 23.9 Å². The molecule has 0 heterocycles. The molecule has 11 aliphatic rings. The lowest BCUT2D eigenvalue weighted by molar-refractivity contribution is -0.218. The minimum Gasteiger partial charge on any atom is -0.504 e. The van der Waals surface area contributed by atoms with E-state index in [1.165, 1.54) is 24.3 Å². The molecule has 0 aliphatic heterocycles. The zero-order valence-electron chi connectivity index (χ0n) is 57.0. The topological polar surface area (TPSA) is 249 Å². The third-order valence-corrected chi connectivity index (χ3v) is 30.7. The van der Waals surface area contributed by atoms with Crippen LogP contribution in [0.25, 0.3) is 6.08 Å². The van der Waals surface area contributed by atoms with Gasteiger partial charge in [-0.15, -0.1) is 0 Å². The Kier molecular flexibility index (Phi) is 15.0. The van der Waals surface area contributed by atoms with Gasteiger partial charge in [0.15, 0.2) is 23.0 Å². The van der Waals surface area contributed by atoms with E-state index in [0.29, 0.717) is 80.9 Å². The average molecular weight is 1270 g/mol. The van der Waals surface area contributed by atoms with E-state index in [2.05, 4.69) is 95.2 Å². The maximum Gasteiger partial charge on any atom is 0.334 e. The van der Waals surface area contributed by atoms with E-state index >= 15 is 9.59 Å². The van der Waals surface area contributed by atoms with Crippen molar-refractivity contribution in [3.05, 3.63) is 75.9 Å². The molecule has 0 spiro atoms. The number of carbonyl (C=O) groups is 4. The number of rotatable bonds is 9. The molecule has 92 heavy (non-hydrogen) atoms. The summed E-state index contributed by atoms with van der Waals surface area (Å²) >= 11 is 0. The van der Waals surface area contributed by atoms with E-state index in [1.54, 1.807) is 12.1 Å². The summed E-state index contributed by atoms with van der Waals surface area (Å²) < 4.78 is 14.2. The third-order valence-electron chi connectivity index (χ3n) is 30.7. The fraction of sp³-hybridized carbons (Fsp3) is 0.718. The summed E-state index contributed by atoms with van der Waals surface area (Å²) in [6.45, 7) is 27.0. The molecule has 0 saturated heterocycles. The molecule has 14 nitrogen and oxygen atoms in total. The number of benzene rings is 2. The number of ether oxygens (including phenoxy) is 2. The van der Waals surface area contributed by atoms with Crippen LogP contribution in [0, 0.1) is 106 Å². The summed E-state index contributed by atoms with van der Waals surface area (Å²) in [7, 11) is 0. The van der Waals surface area contributed by atoms with Crippen molar-refractivity contribution in [1.29, 1.82) is 0 Å². The Morgan fingerprint density at radius 1 is 0.500 bits per heavy atom. The predicted octanol–water partition coefficient (Wildman–Crippen LogP) is 15.2. The smallest absolute Gasteiger partial charge is 0.334 e. The van der Waals surface area contributed by atoms with Gasteiger partial charge in [0.25, 0.3) is 0 Å². The number of esters is 2. The zero-order valence-corrected chi connectivity index (χ0v) is 57.0. The molecule has 0 aromatic heterocycles. The first-order chi connectivity index (χ1) is 42.9. The lowest BCUT2D eigenvalue weighted by atomic mass is 9.33. The summed E-state index contributed by atoms with van der Waals surface area (Å²) in [6, 6.07) is 6.95. The monoisotopic (exact) mass is 1270 g/mol. The maximum atomic E-state index is 16.6. The van der Waals surface area contributed by atoms with Crippen molar-refractivity contribution in [2.45, 2.75) is 230 Å². The Morgan fingerprint density at radius 3 is 1.41 bits per heavy atom. The Labute approximate surface area is 545 Å². The molecule has 0 unspecified atom stereocenters. The van der Waals surface area contributed by atoms with Crippen LogP contribution in [0.5, 0.6) is 23.0 Å². The van der Waals surface area contributed by atoms with Crippen LogP contribution in [0.4, 0.5) is 0 Å². The second kappa shape index (κ2) is 21.1. The first kappa shape index (κ1) is 65.3. The van der Waals surface area contributed by atoms with Crippen molar-refractivity contribution in [1.82, 2.24) is 0 Å². The number of phenolic OH excluding ortho intramolecular Hbond substituents is 4. The number of hydrogen-bond acceptors (Lipinski definition) is 12. The van der Waals surface area contributed by atoms with Crippen LogP contribution in [0.1, 0.15) is 234 Å². The molecule has 8 fully saturated rings. The number of aliphatic hydroxyl groups excluding tert-OH is 2. The van der Waals surface area contributed by atoms with Crippen LogP contribution in [0.3, 0.4) is 0 Å². The van der Waals surface area contributed by atoms with Gasteiger partial charge in [0.1, 0.15) is 13.2 Å². The molecule has 11 aliphatic carbocycles. The number of fused-ring (bicyclic) bond motifs is 15. The fourth-order valence-electron chi connectivity index (χ4n) is 25.2. The van der Waals surface area contributed by atoms with Gasteiger partial charge in [0, 0.05) is 16.7 Å². The summed E-state index contributed by atoms with van der Waals surface area (Å²) in [5.74, 6) is -7.74. The van der Waals surface area contributed by atoms with Gasteiger partial charge in [-0.25, -0.2) is 4.79 Å². The van der Waals surface area contributed by atoms with Gasteiger partial charge in [0.2, 0.25) is 0 Å². The summed E-state index contributed by atoms with van der Waals surface area (Å²) in [6.07, 6.45) is 18.5. The Morgan fingerprint density at radius 2 is 0.946 bits per heavy atom. The molecule has 2 aromatic carbocycles. The van der Waals surface area contributed by atoms with Crippen LogP contribution in [-0.2, 0) is 28.7 Å². The van der Waals surface area contributed by atoms with Gasteiger partial charge in [0.05, 0.1) is 34.5 Å². The van der Waals surface area contributed by atoms with E-state index in [9.17, 15) is 50.4 Å². The number of carbonyl (C=O) groups excluding carboxylic acids is 2. The predicted molar refractivity (Wildman–Crippen MR) is 349 cm³/mol. The van der Waals surface area contributed by atoms with Crippen molar-refractivity contribution in [2.24, 2.45) is 106 Å². The van der Waals surface area contributed by atoms with Crippen LogP contribution < -0.4 is 0 Å². The Bertz CT molecular complexity index is 3510. The maximum absolute atomic E-state index is 16.6. The molecule has 13 rings (SSSR count). The number of aliphatic carboxylic acids is 2. The average Bonchev–Trinajstić information content (AvgIpc) is 0.679. The van der Waals surface area contributed by atoms with E-state index in [4.69, 9.17) is 9.47 Å². The third kappa shape index (κ3) is 8.93. The van der Waals surface area contributed by atoms with Crippen molar-refractivity contribution in [2.75, 3.05) is 13.2 Å². The zero-order chi connectivity index (χ0) is 66.5. The van der Waals surface area contributed by atoms with Crippen molar-refractivity contribution in [3.8, 4) is 23.0 Å². The summed E-state index contributed by atoms with van der Waals surface area (Å²) in [5, 5.41) is 91.0. The van der Waals surface area contributed by atoms with E-state index in [1.807, 2.05) is 0 Å². The minimum absolute atomic E-state index is 0.0719. The molecule has 18 atom stereocenters. The molecule has 502 valence electrons. The normalized spacial score (nSPS) is 43.2. The molecular formula is C78H106O14. The Balaban J connectivity index is 0.932. The van der Waals surface area contributed by atoms with Gasteiger partial charge in [-0.3, -0.25) is 14.4 Å². The van der Waals surface area contributed by atoms with Crippen LogP contribution in [0.15, 0.2) is 59.2 Å². The number of carboxylic acids is 2. The highest BCUT2D eigenvalue weighted by molar-refractivity contribution is 6.02. The SMILES string of the molecule is CC1(C)CC[C@]2(C(=O)O)CC[C@]3(COC(=O)C4=Cc5cc(O)c(O)cc5[C@H](c5ccc(O)c(O)c5)[C@H]4C(=O)OC[C@@]45CC[C@@]6(C(=O)O)CCC(C)(C)C[C@H]6C4=CC[C@@H]4[C@@]6(C)CC[C@H](O)C(C)(C)[C@@H]6CC[C@]45C)C(=CC[C@@H]4[C@@]5(C)CC[C@H](O)C(C)(C)[C@@H]5CC[C@]43C)[C@@H]2C1. The molecular weight excluding hydrogens is 1160 g/mol. The summed E-state index contributed by atoms with van der Waals surface area (Å²) in [5.41, 5.74) is -3.17. The molecule has 14 heteroatoms. The van der Waals surface area contributed by atoms with E-state index in [0.717, 1.165) is 75.4 Å². The second-order valence-electron chi connectivity index (χ2n) is 36.1. The van der Waals surface area contributed by atoms with Crippen LogP contribution in [-0.4, -0.2) is 90.2 Å². The minimum atomic E-state index is -1.50. The first-order valence-corrected chi connectivity index (χ1v) is 35.2. The highest BCUT2D eigenvalue weighted by Gasteiger charge is 2.74. The highest BCUT2D eigenvalue weighted by atomic mass is 16.5. The standard InChI is InChI=1S/C78H106O14/c1-67(2)27-29-75(65(87)88)31-33-77(47(49(75)39-67)14-17-57-71(9)23-21-59(83)69(5,6)55(71)19-25-73(57,77)11)41-91-63(85)46-35-44-37-53(81)54(82)38-45(44)61(43-13-16-51(79)52(80)36-43)62(46)64(86)92-42-78-34-32-76(66(89)90)30-28-68(3,4)40-50(76)48(78)15-18-58-72(10)24-22-60(84)70(7,8)56(72)20-26-74(58,78)12/h13-16,35-38,49-50,55-62,79-84H,17-34,39-42H2,1-12H3,(H,87,88)(H,89,90)/t49-,50-,55-,56-,57+,58+,59-,60-,61-,62-,71-,72-,73+,74+,75-,76-,77-,78-/m0/s1. The van der Waals surface area contributed by atoms with Crippen LogP contribution in [0.2, 0.25) is 0 Å². The molecule has 8 N–H and O–H groups in total. The quantitative estimate of drug-likeness (QED) is 0.0661. The highest BCUT2D eigenvalue weighted by Crippen LogP contribution is 2.79. The van der Waals surface area contributed by atoms with Gasteiger partial charge in [-0.2, -0.15) is 0 Å². The number of allylic oxidation sites excluding steroid dienone is 2. The van der Waals surface area contributed by atoms with Gasteiger partial charge < -0.3 is 50.3 Å². The fourth-order valence-corrected chi connectivity index (χ4v) is 25.2.